The molecule has 0 fully saturated rings. The minimum Gasteiger partial charge on any atom is -0.343 e. The van der Waals surface area contributed by atoms with Crippen molar-refractivity contribution in [2.75, 3.05) is 6.54 Å². The van der Waals surface area contributed by atoms with Gasteiger partial charge in [-0.05, 0) is 31.4 Å². The topological polar surface area (TPSA) is 70.6 Å². The van der Waals surface area contributed by atoms with Crippen LogP contribution in [0.15, 0.2) is 35.4 Å². The van der Waals surface area contributed by atoms with Gasteiger partial charge in [0.25, 0.3) is 11.8 Å². The Morgan fingerprint density at radius 2 is 1.85 bits per heavy atom. The van der Waals surface area contributed by atoms with Crippen LogP contribution in [-0.4, -0.2) is 24.1 Å². The van der Waals surface area contributed by atoms with Crippen LogP contribution >= 0.6 is 0 Å². The van der Waals surface area contributed by atoms with E-state index < -0.39 is 0 Å². The maximum Gasteiger partial charge on any atom is 0.259 e. The lowest BCUT2D eigenvalue weighted by Crippen LogP contribution is -2.35. The average Bonchev–Trinajstić information content (AvgIpc) is 2.42. The SMILES string of the molecule is C/C(CC(C)C)=N\NC(=O)CNC(=O)c1ccccc1. The van der Waals surface area contributed by atoms with E-state index in [1.54, 1.807) is 24.3 Å². The van der Waals surface area contributed by atoms with Crippen molar-refractivity contribution in [1.82, 2.24) is 10.7 Å². The minimum atomic E-state index is -0.336. The summed E-state index contributed by atoms with van der Waals surface area (Å²) in [5, 5.41) is 6.52. The lowest BCUT2D eigenvalue weighted by molar-refractivity contribution is -0.120. The van der Waals surface area contributed by atoms with E-state index in [4.69, 9.17) is 0 Å². The molecule has 0 aliphatic carbocycles. The van der Waals surface area contributed by atoms with Crippen molar-refractivity contribution in [3.05, 3.63) is 35.9 Å². The molecular formula is C15H21N3O2. The van der Waals surface area contributed by atoms with E-state index in [9.17, 15) is 9.59 Å². The molecule has 5 nitrogen and oxygen atoms in total. The van der Waals surface area contributed by atoms with Gasteiger partial charge in [0, 0.05) is 11.3 Å². The van der Waals surface area contributed by atoms with Crippen molar-refractivity contribution in [3.63, 3.8) is 0 Å². The van der Waals surface area contributed by atoms with Gasteiger partial charge >= 0.3 is 0 Å². The van der Waals surface area contributed by atoms with Gasteiger partial charge in [0.2, 0.25) is 0 Å². The zero-order chi connectivity index (χ0) is 15.0. The lowest BCUT2D eigenvalue weighted by atomic mass is 10.1. The molecule has 0 heterocycles. The number of hydrogen-bond donors (Lipinski definition) is 2. The van der Waals surface area contributed by atoms with Crippen LogP contribution in [0.3, 0.4) is 0 Å². The van der Waals surface area contributed by atoms with Crippen molar-refractivity contribution in [3.8, 4) is 0 Å². The fraction of sp³-hybridized carbons (Fsp3) is 0.400. The first-order valence-electron chi connectivity index (χ1n) is 6.64. The minimum absolute atomic E-state index is 0.0911. The average molecular weight is 275 g/mol. The number of hydrazone groups is 1. The van der Waals surface area contributed by atoms with Crippen molar-refractivity contribution in [2.45, 2.75) is 27.2 Å². The molecule has 1 aromatic carbocycles. The molecular weight excluding hydrogens is 254 g/mol. The number of rotatable bonds is 6. The van der Waals surface area contributed by atoms with Crippen molar-refractivity contribution >= 4 is 17.5 Å². The van der Waals surface area contributed by atoms with Gasteiger partial charge in [0.1, 0.15) is 0 Å². The summed E-state index contributed by atoms with van der Waals surface area (Å²) < 4.78 is 0. The standard InChI is InChI=1S/C15H21N3O2/c1-11(2)9-12(3)17-18-14(19)10-16-15(20)13-7-5-4-6-8-13/h4-8,11H,9-10H2,1-3H3,(H,16,20)(H,18,19)/b17-12+. The predicted octanol–water partition coefficient (Wildman–Crippen LogP) is 1.95. The van der Waals surface area contributed by atoms with E-state index in [0.717, 1.165) is 12.1 Å². The predicted molar refractivity (Wildman–Crippen MR) is 79.5 cm³/mol. The molecule has 0 aromatic heterocycles. The van der Waals surface area contributed by atoms with Gasteiger partial charge in [-0.3, -0.25) is 9.59 Å². The molecule has 0 saturated heterocycles. The Kier molecular flexibility index (Phi) is 6.43. The Morgan fingerprint density at radius 3 is 2.45 bits per heavy atom. The maximum absolute atomic E-state index is 11.7. The van der Waals surface area contributed by atoms with Gasteiger partial charge in [-0.15, -0.1) is 0 Å². The molecule has 5 heteroatoms. The van der Waals surface area contributed by atoms with Crippen LogP contribution < -0.4 is 10.7 Å². The molecule has 0 radical (unpaired) electrons. The third-order valence-electron chi connectivity index (χ3n) is 2.52. The zero-order valence-electron chi connectivity index (χ0n) is 12.1. The first-order valence-corrected chi connectivity index (χ1v) is 6.64. The van der Waals surface area contributed by atoms with Crippen molar-refractivity contribution < 1.29 is 9.59 Å². The molecule has 0 aliphatic heterocycles. The maximum atomic E-state index is 11.7. The van der Waals surface area contributed by atoms with E-state index in [0.29, 0.717) is 11.5 Å². The van der Waals surface area contributed by atoms with Crippen LogP contribution in [0.1, 0.15) is 37.6 Å². The van der Waals surface area contributed by atoms with Crippen LogP contribution in [0.2, 0.25) is 0 Å². The fourth-order valence-electron chi connectivity index (χ4n) is 1.69. The normalized spacial score (nSPS) is 11.3. The second-order valence-corrected chi connectivity index (χ2v) is 5.03. The van der Waals surface area contributed by atoms with Crippen LogP contribution in [0, 0.1) is 5.92 Å². The summed E-state index contributed by atoms with van der Waals surface area (Å²) in [4.78, 5) is 23.2. The summed E-state index contributed by atoms with van der Waals surface area (Å²) >= 11 is 0. The number of hydrogen-bond acceptors (Lipinski definition) is 3. The van der Waals surface area contributed by atoms with Crippen molar-refractivity contribution in [2.24, 2.45) is 11.0 Å². The third-order valence-corrected chi connectivity index (χ3v) is 2.52. The number of benzene rings is 1. The van der Waals surface area contributed by atoms with Crippen LogP contribution in [0.25, 0.3) is 0 Å². The number of nitrogens with zero attached hydrogens (tertiary/aromatic N) is 1. The summed E-state index contributed by atoms with van der Waals surface area (Å²) in [5.41, 5.74) is 3.82. The van der Waals surface area contributed by atoms with E-state index >= 15 is 0 Å². The molecule has 0 bridgehead atoms. The second-order valence-electron chi connectivity index (χ2n) is 5.03. The Morgan fingerprint density at radius 1 is 1.20 bits per heavy atom. The Hall–Kier alpha value is -2.17. The van der Waals surface area contributed by atoms with Crippen LogP contribution in [-0.2, 0) is 4.79 Å². The molecule has 1 rings (SSSR count). The highest BCUT2D eigenvalue weighted by Crippen LogP contribution is 2.00. The Labute approximate surface area is 119 Å². The van der Waals surface area contributed by atoms with E-state index in [-0.39, 0.29) is 18.4 Å². The molecule has 0 unspecified atom stereocenters. The summed E-state index contributed by atoms with van der Waals surface area (Å²) in [6.45, 7) is 5.94. The van der Waals surface area contributed by atoms with Crippen molar-refractivity contribution in [1.29, 1.82) is 0 Å². The number of carbonyl (C=O) groups is 2. The molecule has 20 heavy (non-hydrogen) atoms. The van der Waals surface area contributed by atoms with Crippen LogP contribution in [0.4, 0.5) is 0 Å². The molecule has 0 aliphatic rings. The molecule has 0 atom stereocenters. The number of amides is 2. The first kappa shape index (κ1) is 15.9. The highest BCUT2D eigenvalue weighted by molar-refractivity contribution is 5.96. The summed E-state index contributed by atoms with van der Waals surface area (Å²) in [7, 11) is 0. The van der Waals surface area contributed by atoms with Gasteiger partial charge in [-0.1, -0.05) is 32.0 Å². The van der Waals surface area contributed by atoms with Gasteiger partial charge in [0.05, 0.1) is 6.54 Å². The van der Waals surface area contributed by atoms with Gasteiger partial charge in [-0.2, -0.15) is 5.10 Å². The zero-order valence-corrected chi connectivity index (χ0v) is 12.1. The third kappa shape index (κ3) is 6.13. The second kappa shape index (κ2) is 8.09. The lowest BCUT2D eigenvalue weighted by Gasteiger charge is -2.06. The quantitative estimate of drug-likeness (QED) is 0.615. The smallest absolute Gasteiger partial charge is 0.259 e. The Balaban J connectivity index is 2.35. The molecule has 2 N–H and O–H groups in total. The van der Waals surface area contributed by atoms with Crippen LogP contribution in [0.5, 0.6) is 0 Å². The van der Waals surface area contributed by atoms with E-state index in [1.807, 2.05) is 13.0 Å². The fourth-order valence-corrected chi connectivity index (χ4v) is 1.69. The summed E-state index contributed by atoms with van der Waals surface area (Å²) in [5.74, 6) is -0.116. The summed E-state index contributed by atoms with van der Waals surface area (Å²) in [6, 6.07) is 8.76. The monoisotopic (exact) mass is 275 g/mol. The van der Waals surface area contributed by atoms with E-state index in [1.165, 1.54) is 0 Å². The molecule has 108 valence electrons. The highest BCUT2D eigenvalue weighted by Gasteiger charge is 2.07. The number of nitrogens with one attached hydrogen (secondary N) is 2. The first-order chi connectivity index (χ1) is 9.49. The molecule has 0 spiro atoms. The van der Waals surface area contributed by atoms with E-state index in [2.05, 4.69) is 29.7 Å². The Bertz CT molecular complexity index is 481. The molecule has 2 amide bonds. The van der Waals surface area contributed by atoms with Gasteiger partial charge < -0.3 is 5.32 Å². The summed E-state index contributed by atoms with van der Waals surface area (Å²) in [6.07, 6.45) is 0.830. The van der Waals surface area contributed by atoms with Gasteiger partial charge in [-0.25, -0.2) is 5.43 Å². The van der Waals surface area contributed by atoms with Gasteiger partial charge in [0.15, 0.2) is 0 Å². The highest BCUT2D eigenvalue weighted by atomic mass is 16.2. The largest absolute Gasteiger partial charge is 0.343 e. The molecule has 0 saturated carbocycles. The molecule has 1 aromatic rings. The number of carbonyl (C=O) groups excluding carboxylic acids is 2.